The monoisotopic (exact) mass is 376 g/mol. The van der Waals surface area contributed by atoms with Crippen LogP contribution in [0, 0.1) is 0 Å². The molecule has 0 fully saturated rings. The zero-order chi connectivity index (χ0) is 18.7. The second kappa shape index (κ2) is 5.70. The van der Waals surface area contributed by atoms with E-state index in [1.54, 1.807) is 0 Å². The van der Waals surface area contributed by atoms with Crippen LogP contribution in [0.5, 0.6) is 0 Å². The third-order valence-corrected chi connectivity index (χ3v) is 6.41. The first-order valence-electron chi connectivity index (χ1n) is 9.57. The highest BCUT2D eigenvalue weighted by Gasteiger charge is 2.48. The van der Waals surface area contributed by atoms with Crippen LogP contribution >= 0.6 is 11.6 Å². The molecule has 0 heterocycles. The molecule has 0 radical (unpaired) electrons. The molecule has 0 amide bonds. The standard InChI is InChI=1S/C27H17Cl/c28-20-15-16-22-21-9-3-6-12-25(21)27(26(22)17-20)23-10-4-1-7-18(23)13-14-19-8-2-5-11-24(19)27/h1-17H. The smallest absolute Gasteiger partial charge is 0.0725 e. The molecule has 0 atom stereocenters. The van der Waals surface area contributed by atoms with Crippen LogP contribution in [0.3, 0.4) is 0 Å². The zero-order valence-electron chi connectivity index (χ0n) is 15.2. The minimum absolute atomic E-state index is 0.368. The van der Waals surface area contributed by atoms with Crippen molar-refractivity contribution in [3.05, 3.63) is 129 Å². The fourth-order valence-electron chi connectivity index (χ4n) is 5.12. The van der Waals surface area contributed by atoms with Crippen LogP contribution in [0.2, 0.25) is 5.02 Å². The van der Waals surface area contributed by atoms with Crippen LogP contribution in [0.1, 0.15) is 33.4 Å². The maximum Gasteiger partial charge on any atom is 0.0725 e. The molecular weight excluding hydrogens is 360 g/mol. The van der Waals surface area contributed by atoms with E-state index in [9.17, 15) is 0 Å². The van der Waals surface area contributed by atoms with Gasteiger partial charge in [0.25, 0.3) is 0 Å². The van der Waals surface area contributed by atoms with Crippen LogP contribution in [0.15, 0.2) is 91.0 Å². The maximum atomic E-state index is 6.55. The Morgan fingerprint density at radius 1 is 0.500 bits per heavy atom. The van der Waals surface area contributed by atoms with Gasteiger partial charge >= 0.3 is 0 Å². The van der Waals surface area contributed by atoms with Gasteiger partial charge in [0, 0.05) is 5.02 Å². The molecule has 0 aliphatic heterocycles. The first-order valence-corrected chi connectivity index (χ1v) is 9.95. The average Bonchev–Trinajstić information content (AvgIpc) is 2.93. The molecule has 2 aliphatic carbocycles. The summed E-state index contributed by atoms with van der Waals surface area (Å²) in [5.41, 5.74) is 9.91. The summed E-state index contributed by atoms with van der Waals surface area (Å²) in [5.74, 6) is 0. The van der Waals surface area contributed by atoms with E-state index in [1.807, 2.05) is 6.07 Å². The first-order chi connectivity index (χ1) is 13.8. The second-order valence-corrected chi connectivity index (χ2v) is 7.93. The van der Waals surface area contributed by atoms with Crippen molar-refractivity contribution in [2.45, 2.75) is 5.41 Å². The third-order valence-electron chi connectivity index (χ3n) is 6.18. The van der Waals surface area contributed by atoms with E-state index in [4.69, 9.17) is 11.6 Å². The Hall–Kier alpha value is -3.09. The number of hydrogen-bond acceptors (Lipinski definition) is 0. The lowest BCUT2D eigenvalue weighted by Gasteiger charge is -2.35. The fourth-order valence-corrected chi connectivity index (χ4v) is 5.30. The van der Waals surface area contributed by atoms with E-state index in [1.165, 1.54) is 44.5 Å². The summed E-state index contributed by atoms with van der Waals surface area (Å²) >= 11 is 6.55. The topological polar surface area (TPSA) is 0 Å². The van der Waals surface area contributed by atoms with E-state index >= 15 is 0 Å². The SMILES string of the molecule is Clc1ccc2c(c1)C1(c3ccccc3C=Cc3ccccc31)c1ccccc1-2. The summed E-state index contributed by atoms with van der Waals surface area (Å²) in [4.78, 5) is 0. The number of benzene rings is 4. The molecule has 0 unspecified atom stereocenters. The maximum absolute atomic E-state index is 6.55. The molecule has 0 N–H and O–H groups in total. The van der Waals surface area contributed by atoms with Gasteiger partial charge in [-0.05, 0) is 56.6 Å². The third kappa shape index (κ3) is 1.91. The Balaban J connectivity index is 1.89. The Bertz CT molecular complexity index is 1230. The Morgan fingerprint density at radius 3 is 1.71 bits per heavy atom. The van der Waals surface area contributed by atoms with Gasteiger partial charge in [-0.2, -0.15) is 0 Å². The highest BCUT2D eigenvalue weighted by Crippen LogP contribution is 2.58. The molecular formula is C27H17Cl. The van der Waals surface area contributed by atoms with Gasteiger partial charge in [-0.3, -0.25) is 0 Å². The van der Waals surface area contributed by atoms with Crippen LogP contribution < -0.4 is 0 Å². The number of hydrogen-bond donors (Lipinski definition) is 0. The largest absolute Gasteiger partial charge is 0.0843 e. The number of halogens is 1. The van der Waals surface area contributed by atoms with E-state index in [0.717, 1.165) is 5.02 Å². The molecule has 0 aromatic heterocycles. The minimum Gasteiger partial charge on any atom is -0.0843 e. The number of rotatable bonds is 0. The van der Waals surface area contributed by atoms with Gasteiger partial charge in [-0.25, -0.2) is 0 Å². The van der Waals surface area contributed by atoms with Gasteiger partial charge in [0.1, 0.15) is 0 Å². The van der Waals surface area contributed by atoms with Crippen molar-refractivity contribution < 1.29 is 0 Å². The van der Waals surface area contributed by atoms with Gasteiger partial charge in [0.2, 0.25) is 0 Å². The summed E-state index contributed by atoms with van der Waals surface area (Å²) in [7, 11) is 0. The van der Waals surface area contributed by atoms with Crippen molar-refractivity contribution in [2.24, 2.45) is 0 Å². The molecule has 0 nitrogen and oxygen atoms in total. The highest BCUT2D eigenvalue weighted by atomic mass is 35.5. The predicted molar refractivity (Wildman–Crippen MR) is 118 cm³/mol. The van der Waals surface area contributed by atoms with E-state index in [-0.39, 0.29) is 5.41 Å². The molecule has 0 bridgehead atoms. The molecule has 28 heavy (non-hydrogen) atoms. The molecule has 0 saturated carbocycles. The Morgan fingerprint density at radius 2 is 1.04 bits per heavy atom. The summed E-state index contributed by atoms with van der Waals surface area (Å²) in [6.45, 7) is 0. The molecule has 132 valence electrons. The van der Waals surface area contributed by atoms with Crippen molar-refractivity contribution in [2.75, 3.05) is 0 Å². The van der Waals surface area contributed by atoms with Crippen LogP contribution in [-0.2, 0) is 5.41 Å². The van der Waals surface area contributed by atoms with Crippen molar-refractivity contribution in [3.63, 3.8) is 0 Å². The van der Waals surface area contributed by atoms with Crippen LogP contribution in [0.4, 0.5) is 0 Å². The van der Waals surface area contributed by atoms with E-state index < -0.39 is 0 Å². The average molecular weight is 377 g/mol. The molecule has 1 heteroatoms. The summed E-state index contributed by atoms with van der Waals surface area (Å²) < 4.78 is 0. The molecule has 6 rings (SSSR count). The van der Waals surface area contributed by atoms with Crippen molar-refractivity contribution in [1.82, 2.24) is 0 Å². The lowest BCUT2D eigenvalue weighted by molar-refractivity contribution is 0.766. The van der Waals surface area contributed by atoms with Crippen LogP contribution in [-0.4, -0.2) is 0 Å². The van der Waals surface area contributed by atoms with Crippen molar-refractivity contribution in [3.8, 4) is 11.1 Å². The highest BCUT2D eigenvalue weighted by molar-refractivity contribution is 6.30. The van der Waals surface area contributed by atoms with Crippen molar-refractivity contribution in [1.29, 1.82) is 0 Å². The normalized spacial score (nSPS) is 14.8. The Labute approximate surface area is 169 Å². The lowest BCUT2D eigenvalue weighted by atomic mass is 9.66. The van der Waals surface area contributed by atoms with E-state index in [0.29, 0.717) is 0 Å². The van der Waals surface area contributed by atoms with Crippen LogP contribution in [0.25, 0.3) is 23.3 Å². The molecule has 2 aliphatic rings. The second-order valence-electron chi connectivity index (χ2n) is 7.49. The van der Waals surface area contributed by atoms with Gasteiger partial charge < -0.3 is 0 Å². The predicted octanol–water partition coefficient (Wildman–Crippen LogP) is 7.19. The van der Waals surface area contributed by atoms with Gasteiger partial charge in [-0.15, -0.1) is 0 Å². The lowest BCUT2D eigenvalue weighted by Crippen LogP contribution is -2.29. The molecule has 4 aromatic rings. The summed E-state index contributed by atoms with van der Waals surface area (Å²) in [6, 6.07) is 32.6. The van der Waals surface area contributed by atoms with Gasteiger partial charge in [0.05, 0.1) is 5.41 Å². The fraction of sp³-hybridized carbons (Fsp3) is 0.0370. The summed E-state index contributed by atoms with van der Waals surface area (Å²) in [6.07, 6.45) is 4.49. The van der Waals surface area contributed by atoms with Gasteiger partial charge in [-0.1, -0.05) is 103 Å². The van der Waals surface area contributed by atoms with Gasteiger partial charge in [0.15, 0.2) is 0 Å². The molecule has 4 aromatic carbocycles. The quantitative estimate of drug-likeness (QED) is 0.263. The molecule has 1 spiro atoms. The van der Waals surface area contributed by atoms with E-state index in [2.05, 4.69) is 97.1 Å². The zero-order valence-corrected chi connectivity index (χ0v) is 15.9. The Kier molecular flexibility index (Phi) is 3.24. The van der Waals surface area contributed by atoms with Crippen molar-refractivity contribution >= 4 is 23.8 Å². The first kappa shape index (κ1) is 15.9. The molecule has 0 saturated heterocycles. The summed E-state index contributed by atoms with van der Waals surface area (Å²) in [5, 5.41) is 0.776. The number of fused-ring (bicyclic) bond motifs is 9. The minimum atomic E-state index is -0.368.